The molecule has 2 saturated heterocycles. The van der Waals surface area contributed by atoms with Gasteiger partial charge < -0.3 is 48.6 Å². The molecule has 0 amide bonds. The average Bonchev–Trinajstić information content (AvgIpc) is 3.91. The van der Waals surface area contributed by atoms with Crippen LogP contribution in [0, 0.1) is 17.8 Å². The number of H-pyrrole nitrogens is 1. The number of hydrogen-bond donors (Lipinski definition) is 2. The van der Waals surface area contributed by atoms with E-state index >= 15 is 0 Å². The summed E-state index contributed by atoms with van der Waals surface area (Å²) < 4.78 is 43.8. The Hall–Kier alpha value is -4.04. The first kappa shape index (κ1) is 34.8. The Morgan fingerprint density at radius 1 is 0.980 bits per heavy atom. The van der Waals surface area contributed by atoms with Gasteiger partial charge in [0, 0.05) is 49.4 Å². The Bertz CT molecular complexity index is 1630. The number of piperidine rings is 1. The number of fused-ring (bicyclic) bond motifs is 6. The normalized spacial score (nSPS) is 27.0. The van der Waals surface area contributed by atoms with Crippen LogP contribution in [0.4, 0.5) is 0 Å². The third-order valence-electron chi connectivity index (χ3n) is 10.4. The van der Waals surface area contributed by atoms with Crippen molar-refractivity contribution < 1.29 is 47.5 Å². The highest BCUT2D eigenvalue weighted by Gasteiger charge is 2.54. The van der Waals surface area contributed by atoms with E-state index in [9.17, 15) is 9.59 Å². The molecule has 7 atom stereocenters. The predicted octanol–water partition coefficient (Wildman–Crippen LogP) is 3.52. The van der Waals surface area contributed by atoms with Crippen molar-refractivity contribution in [1.29, 1.82) is 0 Å². The minimum absolute atomic E-state index is 0.0170. The highest BCUT2D eigenvalue weighted by Crippen LogP contribution is 2.51. The summed E-state index contributed by atoms with van der Waals surface area (Å²) >= 11 is 0. The number of nitrogens with two attached hydrogens (primary N) is 1. The van der Waals surface area contributed by atoms with Gasteiger partial charge >= 0.3 is 11.9 Å². The van der Waals surface area contributed by atoms with Gasteiger partial charge in [-0.3, -0.25) is 9.69 Å². The van der Waals surface area contributed by atoms with Crippen LogP contribution in [0.25, 0.3) is 10.9 Å². The van der Waals surface area contributed by atoms with Crippen molar-refractivity contribution in [1.82, 2.24) is 9.88 Å². The number of benzene rings is 2. The van der Waals surface area contributed by atoms with Crippen molar-refractivity contribution in [2.75, 3.05) is 68.9 Å². The summed E-state index contributed by atoms with van der Waals surface area (Å²) in [6.07, 6.45) is 1.33. The Morgan fingerprint density at radius 3 is 2.29 bits per heavy atom. The molecule has 4 heterocycles. The van der Waals surface area contributed by atoms with Gasteiger partial charge in [-0.1, -0.05) is 0 Å². The maximum absolute atomic E-state index is 13.5. The van der Waals surface area contributed by atoms with E-state index in [-0.39, 0.29) is 29.4 Å². The van der Waals surface area contributed by atoms with Crippen molar-refractivity contribution in [2.45, 2.75) is 43.6 Å². The lowest BCUT2D eigenvalue weighted by molar-refractivity contribution is -0.176. The fraction of sp³-hybridized carbons (Fsp3) is 0.556. The van der Waals surface area contributed by atoms with E-state index in [0.717, 1.165) is 43.8 Å². The molecule has 13 nitrogen and oxygen atoms in total. The lowest BCUT2D eigenvalue weighted by atomic mass is 9.63. The Kier molecular flexibility index (Phi) is 10.5. The van der Waals surface area contributed by atoms with Gasteiger partial charge in [-0.25, -0.2) is 4.79 Å². The monoisotopic (exact) mass is 681 g/mol. The van der Waals surface area contributed by atoms with Crippen molar-refractivity contribution in [3.8, 4) is 23.0 Å². The second-order valence-corrected chi connectivity index (χ2v) is 12.9. The second-order valence-electron chi connectivity index (χ2n) is 12.9. The SMILES string of the molecule is COC(=O)[C@H]1[C@H]2C[C@@H]3c4[nH]c5cc(OC)ccc5c4CCN3C[C@H]2C[C@@H](OC(=O)c2cc(OC)c(OC)c(OC)c2)[C@@H]1OC.NCC1CO1. The summed E-state index contributed by atoms with van der Waals surface area (Å²) in [6.45, 7) is 3.26. The number of hydrogen-bond acceptors (Lipinski definition) is 12. The molecule has 7 rings (SSSR count). The molecule has 0 spiro atoms. The quantitative estimate of drug-likeness (QED) is 0.251. The standard InChI is InChI=1S/C33H40N2O9.C3H7NO/c1-38-19-7-8-20-21-9-10-35-16-18-13-27(44-32(36)17-11-25(39-2)30(41-4)26(12-17)40-3)31(42-5)28(33(37)43-6)22(18)15-24(35)29(21)34-23(20)14-19;4-1-3-2-5-3/h7-8,11-12,14,18,22,24,27-28,31,34H,9-10,13,15-16H2,1-6H3;3H,1-2,4H2/t18-,22+,24-,27-,28+,31+;/m1./s1. The first-order valence-electron chi connectivity index (χ1n) is 16.6. The number of rotatable bonds is 9. The zero-order chi connectivity index (χ0) is 34.8. The van der Waals surface area contributed by atoms with Crippen LogP contribution in [0.3, 0.4) is 0 Å². The van der Waals surface area contributed by atoms with Crippen LogP contribution >= 0.6 is 0 Å². The van der Waals surface area contributed by atoms with E-state index in [0.29, 0.717) is 36.3 Å². The molecule has 2 aromatic carbocycles. The Labute approximate surface area is 286 Å². The third kappa shape index (κ3) is 6.77. The number of nitrogens with one attached hydrogen (secondary N) is 1. The number of methoxy groups -OCH3 is 6. The molecule has 266 valence electrons. The van der Waals surface area contributed by atoms with E-state index in [1.54, 1.807) is 26.4 Å². The molecule has 3 N–H and O–H groups in total. The van der Waals surface area contributed by atoms with Gasteiger partial charge in [0.15, 0.2) is 11.5 Å². The fourth-order valence-electron chi connectivity index (χ4n) is 7.97. The number of nitrogens with zero attached hydrogens (tertiary/aromatic N) is 1. The van der Waals surface area contributed by atoms with E-state index in [1.165, 1.54) is 45.1 Å². The zero-order valence-corrected chi connectivity index (χ0v) is 29.0. The molecule has 1 aromatic heterocycles. The summed E-state index contributed by atoms with van der Waals surface area (Å²) in [6, 6.07) is 9.40. The van der Waals surface area contributed by atoms with Crippen LogP contribution in [0.5, 0.6) is 23.0 Å². The van der Waals surface area contributed by atoms with Crippen LogP contribution in [-0.2, 0) is 30.2 Å². The van der Waals surface area contributed by atoms with Gasteiger partial charge in [-0.05, 0) is 60.9 Å². The van der Waals surface area contributed by atoms with Crippen LogP contribution in [0.1, 0.15) is 40.5 Å². The topological polar surface area (TPSA) is 156 Å². The molecular weight excluding hydrogens is 634 g/mol. The van der Waals surface area contributed by atoms with Crippen molar-refractivity contribution in [2.24, 2.45) is 23.5 Å². The van der Waals surface area contributed by atoms with Gasteiger partial charge in [0.05, 0.1) is 65.8 Å². The van der Waals surface area contributed by atoms with E-state index < -0.39 is 24.1 Å². The Morgan fingerprint density at radius 2 is 1.71 bits per heavy atom. The zero-order valence-electron chi connectivity index (χ0n) is 29.0. The number of esters is 2. The van der Waals surface area contributed by atoms with Crippen LogP contribution < -0.4 is 24.7 Å². The summed E-state index contributed by atoms with van der Waals surface area (Å²) in [7, 11) is 9.10. The molecule has 1 saturated carbocycles. The van der Waals surface area contributed by atoms with Gasteiger partial charge in [0.2, 0.25) is 5.75 Å². The molecule has 4 aliphatic rings. The van der Waals surface area contributed by atoms with E-state index in [4.69, 9.17) is 43.6 Å². The van der Waals surface area contributed by atoms with Crippen molar-refractivity contribution in [3.05, 3.63) is 47.2 Å². The maximum Gasteiger partial charge on any atom is 0.338 e. The number of carbonyl (C=O) groups excluding carboxylic acids is 2. The molecule has 1 unspecified atom stereocenters. The van der Waals surface area contributed by atoms with Gasteiger partial charge in [-0.2, -0.15) is 0 Å². The summed E-state index contributed by atoms with van der Waals surface area (Å²) in [4.78, 5) is 33.1. The number of carbonyl (C=O) groups is 2. The first-order valence-corrected chi connectivity index (χ1v) is 16.6. The molecule has 13 heteroatoms. The summed E-state index contributed by atoms with van der Waals surface area (Å²) in [5.41, 5.74) is 8.94. The van der Waals surface area contributed by atoms with Crippen LogP contribution in [0.15, 0.2) is 30.3 Å². The number of ether oxygens (including phenoxy) is 8. The van der Waals surface area contributed by atoms with Crippen LogP contribution in [0.2, 0.25) is 0 Å². The molecular formula is C36H47N3O10. The highest BCUT2D eigenvalue weighted by molar-refractivity contribution is 5.91. The van der Waals surface area contributed by atoms with Gasteiger partial charge in [-0.15, -0.1) is 0 Å². The number of epoxide rings is 1. The lowest BCUT2D eigenvalue weighted by Crippen LogP contribution is -2.58. The largest absolute Gasteiger partial charge is 0.497 e. The number of aromatic nitrogens is 1. The highest BCUT2D eigenvalue weighted by atomic mass is 16.6. The molecule has 3 aliphatic heterocycles. The summed E-state index contributed by atoms with van der Waals surface area (Å²) in [5.74, 6) is 0.441. The average molecular weight is 682 g/mol. The molecule has 0 radical (unpaired) electrons. The van der Waals surface area contributed by atoms with E-state index in [1.807, 2.05) is 12.1 Å². The van der Waals surface area contributed by atoms with Crippen molar-refractivity contribution >= 4 is 22.8 Å². The smallest absolute Gasteiger partial charge is 0.338 e. The van der Waals surface area contributed by atoms with Gasteiger partial charge in [0.1, 0.15) is 18.0 Å². The minimum atomic E-state index is -0.670. The van der Waals surface area contributed by atoms with E-state index in [2.05, 4.69) is 16.0 Å². The van der Waals surface area contributed by atoms with Crippen LogP contribution in [-0.4, -0.2) is 109 Å². The predicted molar refractivity (Wildman–Crippen MR) is 179 cm³/mol. The minimum Gasteiger partial charge on any atom is -0.497 e. The molecule has 3 fully saturated rings. The Balaban J connectivity index is 0.000000765. The first-order chi connectivity index (χ1) is 23.8. The number of aromatic amines is 1. The van der Waals surface area contributed by atoms with Gasteiger partial charge in [0.25, 0.3) is 0 Å². The lowest BCUT2D eigenvalue weighted by Gasteiger charge is -2.52. The third-order valence-corrected chi connectivity index (χ3v) is 10.4. The molecule has 1 aliphatic carbocycles. The molecule has 49 heavy (non-hydrogen) atoms. The second kappa shape index (κ2) is 14.8. The molecule has 0 bridgehead atoms. The maximum atomic E-state index is 13.5. The fourth-order valence-corrected chi connectivity index (χ4v) is 7.97. The van der Waals surface area contributed by atoms with Crippen molar-refractivity contribution in [3.63, 3.8) is 0 Å². The summed E-state index contributed by atoms with van der Waals surface area (Å²) in [5, 5.41) is 1.21. The molecule has 3 aromatic rings.